The Morgan fingerprint density at radius 1 is 1.36 bits per heavy atom. The fourth-order valence-corrected chi connectivity index (χ4v) is 2.73. The lowest BCUT2D eigenvalue weighted by molar-refractivity contribution is 0.227. The van der Waals surface area contributed by atoms with Gasteiger partial charge in [0.2, 0.25) is 0 Å². The van der Waals surface area contributed by atoms with Gasteiger partial charge in [-0.05, 0) is 5.41 Å². The first-order chi connectivity index (χ1) is 6.16. The molecule has 4 nitrogen and oxygen atoms in total. The van der Waals surface area contributed by atoms with Crippen LogP contribution in [0.2, 0.25) is 0 Å². The van der Waals surface area contributed by atoms with Crippen LogP contribution < -0.4 is 5.73 Å². The molecule has 3 N–H and O–H groups in total. The summed E-state index contributed by atoms with van der Waals surface area (Å²) < 4.78 is 23.2. The summed E-state index contributed by atoms with van der Waals surface area (Å²) in [4.78, 5) is 0. The second-order valence-electron chi connectivity index (χ2n) is 4.56. The zero-order valence-electron chi connectivity index (χ0n) is 9.32. The second-order valence-corrected chi connectivity index (χ2v) is 7.07. The molecule has 0 aromatic rings. The van der Waals surface area contributed by atoms with Gasteiger partial charge in [-0.1, -0.05) is 27.7 Å². The molecular weight excluding hydrogens is 202 g/mol. The Hall–Kier alpha value is -0.130. The SMILES string of the molecule is CCS(=O)(=O)[C@H](CO)[C@@H](N)C(C)(C)C. The maximum Gasteiger partial charge on any atom is 0.156 e. The highest BCUT2D eigenvalue weighted by atomic mass is 32.2. The summed E-state index contributed by atoms with van der Waals surface area (Å²) in [6.45, 7) is 6.75. The quantitative estimate of drug-likeness (QED) is 0.711. The first-order valence-electron chi connectivity index (χ1n) is 4.74. The van der Waals surface area contributed by atoms with Gasteiger partial charge in [0.25, 0.3) is 0 Å². The summed E-state index contributed by atoms with van der Waals surface area (Å²) in [6, 6.07) is -0.544. The largest absolute Gasteiger partial charge is 0.395 e. The van der Waals surface area contributed by atoms with E-state index in [9.17, 15) is 8.42 Å². The molecule has 0 saturated heterocycles. The number of aliphatic hydroxyl groups excluding tert-OH is 1. The minimum atomic E-state index is -3.27. The van der Waals surface area contributed by atoms with Gasteiger partial charge in [0.05, 0.1) is 11.9 Å². The number of nitrogens with two attached hydrogens (primary N) is 1. The Kier molecular flexibility index (Phi) is 4.55. The predicted molar refractivity (Wildman–Crippen MR) is 57.8 cm³/mol. The van der Waals surface area contributed by atoms with Crippen LogP contribution in [0.1, 0.15) is 27.7 Å². The molecule has 0 rings (SSSR count). The van der Waals surface area contributed by atoms with E-state index in [0.29, 0.717) is 0 Å². The van der Waals surface area contributed by atoms with Crippen LogP contribution in [-0.2, 0) is 9.84 Å². The van der Waals surface area contributed by atoms with E-state index in [1.54, 1.807) is 6.92 Å². The lowest BCUT2D eigenvalue weighted by Crippen LogP contribution is -2.51. The summed E-state index contributed by atoms with van der Waals surface area (Å²) in [5.41, 5.74) is 5.50. The van der Waals surface area contributed by atoms with E-state index in [0.717, 1.165) is 0 Å². The van der Waals surface area contributed by atoms with Crippen molar-refractivity contribution in [3.63, 3.8) is 0 Å². The second kappa shape index (κ2) is 4.59. The molecule has 0 bridgehead atoms. The van der Waals surface area contributed by atoms with Crippen molar-refractivity contribution < 1.29 is 13.5 Å². The summed E-state index contributed by atoms with van der Waals surface area (Å²) in [5, 5.41) is 8.21. The minimum absolute atomic E-state index is 0.0159. The minimum Gasteiger partial charge on any atom is -0.395 e. The molecule has 0 fully saturated rings. The van der Waals surface area contributed by atoms with Crippen molar-refractivity contribution in [2.24, 2.45) is 11.1 Å². The van der Waals surface area contributed by atoms with E-state index in [-0.39, 0.29) is 11.2 Å². The van der Waals surface area contributed by atoms with Crippen molar-refractivity contribution in [1.82, 2.24) is 0 Å². The third-order valence-corrected chi connectivity index (χ3v) is 4.61. The molecule has 0 aliphatic rings. The Morgan fingerprint density at radius 3 is 2.00 bits per heavy atom. The average Bonchev–Trinajstić information content (AvgIpc) is 2.03. The summed E-state index contributed by atoms with van der Waals surface area (Å²) in [7, 11) is -3.27. The molecule has 0 heterocycles. The summed E-state index contributed by atoms with van der Waals surface area (Å²) in [6.07, 6.45) is 0. The third kappa shape index (κ3) is 3.22. The van der Waals surface area contributed by atoms with Gasteiger partial charge in [0, 0.05) is 11.8 Å². The first-order valence-corrected chi connectivity index (χ1v) is 6.46. The van der Waals surface area contributed by atoms with Crippen LogP contribution in [0.3, 0.4) is 0 Å². The third-order valence-electron chi connectivity index (χ3n) is 2.44. The van der Waals surface area contributed by atoms with Crippen LogP contribution in [0.15, 0.2) is 0 Å². The molecule has 5 heteroatoms. The molecular formula is C9H21NO3S. The Morgan fingerprint density at radius 2 is 1.79 bits per heavy atom. The molecule has 0 spiro atoms. The molecule has 0 aromatic heterocycles. The molecule has 0 saturated carbocycles. The van der Waals surface area contributed by atoms with Gasteiger partial charge >= 0.3 is 0 Å². The molecule has 0 aliphatic carbocycles. The number of aliphatic hydroxyl groups is 1. The lowest BCUT2D eigenvalue weighted by atomic mass is 9.85. The van der Waals surface area contributed by atoms with Crippen LogP contribution >= 0.6 is 0 Å². The van der Waals surface area contributed by atoms with E-state index in [4.69, 9.17) is 10.8 Å². The van der Waals surface area contributed by atoms with Crippen molar-refractivity contribution in [3.05, 3.63) is 0 Å². The monoisotopic (exact) mass is 223 g/mol. The van der Waals surface area contributed by atoms with Gasteiger partial charge in [-0.2, -0.15) is 0 Å². The maximum atomic E-state index is 11.6. The van der Waals surface area contributed by atoms with Crippen molar-refractivity contribution in [3.8, 4) is 0 Å². The van der Waals surface area contributed by atoms with Crippen molar-refractivity contribution in [2.45, 2.75) is 39.0 Å². The van der Waals surface area contributed by atoms with E-state index < -0.39 is 27.7 Å². The molecule has 86 valence electrons. The molecule has 0 aromatic carbocycles. The zero-order chi connectivity index (χ0) is 11.6. The van der Waals surface area contributed by atoms with Crippen LogP contribution in [0.5, 0.6) is 0 Å². The van der Waals surface area contributed by atoms with Gasteiger partial charge < -0.3 is 10.8 Å². The Bertz CT molecular complexity index is 266. The number of hydrogen-bond acceptors (Lipinski definition) is 4. The van der Waals surface area contributed by atoms with Gasteiger partial charge in [-0.3, -0.25) is 0 Å². The smallest absolute Gasteiger partial charge is 0.156 e. The lowest BCUT2D eigenvalue weighted by Gasteiger charge is -2.32. The molecule has 14 heavy (non-hydrogen) atoms. The van der Waals surface area contributed by atoms with Gasteiger partial charge in [-0.25, -0.2) is 8.42 Å². The predicted octanol–water partition coefficient (Wildman–Crippen LogP) is 0.155. The summed E-state index contributed by atoms with van der Waals surface area (Å²) >= 11 is 0. The van der Waals surface area contributed by atoms with Crippen molar-refractivity contribution >= 4 is 9.84 Å². The van der Waals surface area contributed by atoms with Crippen LogP contribution in [0.25, 0.3) is 0 Å². The number of rotatable bonds is 4. The Labute approximate surface area is 86.4 Å². The zero-order valence-corrected chi connectivity index (χ0v) is 10.1. The van der Waals surface area contributed by atoms with E-state index in [1.807, 2.05) is 20.8 Å². The topological polar surface area (TPSA) is 80.4 Å². The molecule has 0 unspecified atom stereocenters. The Balaban J connectivity index is 4.93. The first kappa shape index (κ1) is 13.9. The van der Waals surface area contributed by atoms with Gasteiger partial charge in [0.15, 0.2) is 9.84 Å². The fraction of sp³-hybridized carbons (Fsp3) is 1.00. The van der Waals surface area contributed by atoms with E-state index in [1.165, 1.54) is 0 Å². The van der Waals surface area contributed by atoms with Gasteiger partial charge in [-0.15, -0.1) is 0 Å². The normalized spacial score (nSPS) is 17.9. The summed E-state index contributed by atoms with van der Waals surface area (Å²) in [5.74, 6) is 0.0159. The van der Waals surface area contributed by atoms with Crippen LogP contribution in [-0.4, -0.2) is 37.2 Å². The number of hydrogen-bond donors (Lipinski definition) is 2. The molecule has 0 radical (unpaired) electrons. The highest BCUT2D eigenvalue weighted by Gasteiger charge is 2.36. The standard InChI is InChI=1S/C9H21NO3S/c1-5-14(12,13)7(6-11)8(10)9(2,3)4/h7-8,11H,5-6,10H2,1-4H3/t7-,8-/m1/s1. The van der Waals surface area contributed by atoms with Crippen LogP contribution in [0.4, 0.5) is 0 Å². The fourth-order valence-electron chi connectivity index (χ4n) is 1.22. The molecule has 2 atom stereocenters. The number of sulfone groups is 1. The molecule has 0 amide bonds. The molecule has 0 aliphatic heterocycles. The van der Waals surface area contributed by atoms with Crippen molar-refractivity contribution in [1.29, 1.82) is 0 Å². The van der Waals surface area contributed by atoms with E-state index >= 15 is 0 Å². The van der Waals surface area contributed by atoms with Crippen LogP contribution in [0, 0.1) is 5.41 Å². The van der Waals surface area contributed by atoms with Crippen molar-refractivity contribution in [2.75, 3.05) is 12.4 Å². The van der Waals surface area contributed by atoms with E-state index in [2.05, 4.69) is 0 Å². The highest BCUT2D eigenvalue weighted by molar-refractivity contribution is 7.92. The van der Waals surface area contributed by atoms with Gasteiger partial charge in [0.1, 0.15) is 0 Å². The average molecular weight is 223 g/mol. The maximum absolute atomic E-state index is 11.6. The highest BCUT2D eigenvalue weighted by Crippen LogP contribution is 2.23.